The van der Waals surface area contributed by atoms with Crippen LogP contribution in [0.2, 0.25) is 0 Å². The van der Waals surface area contributed by atoms with E-state index in [9.17, 15) is 5.11 Å². The van der Waals surface area contributed by atoms with Crippen molar-refractivity contribution in [2.75, 3.05) is 0 Å². The van der Waals surface area contributed by atoms with E-state index in [4.69, 9.17) is 0 Å². The van der Waals surface area contributed by atoms with Gasteiger partial charge in [0.15, 0.2) is 0 Å². The topological polar surface area (TPSA) is 20.2 Å². The number of benzene rings is 2. The van der Waals surface area contributed by atoms with Crippen LogP contribution in [0.3, 0.4) is 0 Å². The average molecular weight is 236 g/mol. The first kappa shape index (κ1) is 11.2. The highest BCUT2D eigenvalue weighted by Gasteiger charge is 2.15. The van der Waals surface area contributed by atoms with Gasteiger partial charge in [0, 0.05) is 5.92 Å². The molecule has 3 rings (SSSR count). The molecule has 1 aliphatic carbocycles. The van der Waals surface area contributed by atoms with Gasteiger partial charge in [-0.1, -0.05) is 60.2 Å². The fourth-order valence-electron chi connectivity index (χ4n) is 2.68. The van der Waals surface area contributed by atoms with E-state index < -0.39 is 0 Å². The van der Waals surface area contributed by atoms with Gasteiger partial charge in [0.1, 0.15) is 0 Å². The molecule has 1 N–H and O–H groups in total. The summed E-state index contributed by atoms with van der Waals surface area (Å²) in [5, 5.41) is 12.0. The molecule has 0 amide bonds. The molecular formula is C17H16O. The molecule has 18 heavy (non-hydrogen) atoms. The van der Waals surface area contributed by atoms with Crippen LogP contribution in [0, 0.1) is 0 Å². The Morgan fingerprint density at radius 2 is 1.94 bits per heavy atom. The summed E-state index contributed by atoms with van der Waals surface area (Å²) in [5.74, 6) is 0.303. The number of hydrogen-bond donors (Lipinski definition) is 1. The van der Waals surface area contributed by atoms with Gasteiger partial charge in [0.25, 0.3) is 0 Å². The summed E-state index contributed by atoms with van der Waals surface area (Å²) < 4.78 is 0. The van der Waals surface area contributed by atoms with E-state index in [0.717, 1.165) is 10.9 Å². The first-order chi connectivity index (χ1) is 8.79. The van der Waals surface area contributed by atoms with Crippen molar-refractivity contribution in [2.45, 2.75) is 19.4 Å². The van der Waals surface area contributed by atoms with Crippen molar-refractivity contribution < 1.29 is 5.11 Å². The van der Waals surface area contributed by atoms with Crippen LogP contribution >= 0.6 is 0 Å². The summed E-state index contributed by atoms with van der Waals surface area (Å²) in [6.45, 7) is 2.20. The molecule has 1 aliphatic rings. The zero-order chi connectivity index (χ0) is 12.5. The third-order valence-electron chi connectivity index (χ3n) is 3.60. The Morgan fingerprint density at radius 1 is 1.11 bits per heavy atom. The molecule has 0 heterocycles. The summed E-state index contributed by atoms with van der Waals surface area (Å²) in [4.78, 5) is 0. The van der Waals surface area contributed by atoms with Crippen molar-refractivity contribution in [3.05, 3.63) is 71.3 Å². The fraction of sp³-hybridized carbons (Fsp3) is 0.176. The highest BCUT2D eigenvalue weighted by molar-refractivity contribution is 5.87. The standard InChI is InChI=1S/C17H16O/c1-12-6-7-14(10-12)16-9-8-13-4-2-3-5-15(13)17(16)11-18/h2-10,14,18H,11H2,1H3. The van der Waals surface area contributed by atoms with Crippen molar-refractivity contribution in [3.8, 4) is 0 Å². The zero-order valence-electron chi connectivity index (χ0n) is 10.4. The summed E-state index contributed by atoms with van der Waals surface area (Å²) in [5.41, 5.74) is 3.55. The Hall–Kier alpha value is -1.86. The van der Waals surface area contributed by atoms with E-state index in [1.165, 1.54) is 16.5 Å². The van der Waals surface area contributed by atoms with Crippen LogP contribution in [0.1, 0.15) is 24.0 Å². The highest BCUT2D eigenvalue weighted by atomic mass is 16.3. The van der Waals surface area contributed by atoms with Crippen molar-refractivity contribution in [1.82, 2.24) is 0 Å². The van der Waals surface area contributed by atoms with Gasteiger partial charge in [-0.2, -0.15) is 0 Å². The van der Waals surface area contributed by atoms with Gasteiger partial charge in [0.2, 0.25) is 0 Å². The van der Waals surface area contributed by atoms with Crippen molar-refractivity contribution in [1.29, 1.82) is 0 Å². The van der Waals surface area contributed by atoms with Crippen molar-refractivity contribution in [2.24, 2.45) is 0 Å². The van der Waals surface area contributed by atoms with E-state index in [2.05, 4.69) is 49.4 Å². The lowest BCUT2D eigenvalue weighted by atomic mass is 9.91. The second-order valence-electron chi connectivity index (χ2n) is 4.81. The second kappa shape index (κ2) is 4.43. The number of hydrogen-bond acceptors (Lipinski definition) is 1. The van der Waals surface area contributed by atoms with Crippen LogP contribution in [-0.4, -0.2) is 5.11 Å². The first-order valence-electron chi connectivity index (χ1n) is 6.27. The van der Waals surface area contributed by atoms with Crippen LogP contribution in [0.5, 0.6) is 0 Å². The minimum absolute atomic E-state index is 0.0912. The van der Waals surface area contributed by atoms with E-state index in [0.29, 0.717) is 5.92 Å². The molecule has 0 bridgehead atoms. The molecular weight excluding hydrogens is 220 g/mol. The minimum atomic E-state index is 0.0912. The lowest BCUT2D eigenvalue weighted by Crippen LogP contribution is -1.98. The molecule has 0 saturated carbocycles. The lowest BCUT2D eigenvalue weighted by molar-refractivity contribution is 0.282. The third-order valence-corrected chi connectivity index (χ3v) is 3.60. The van der Waals surface area contributed by atoms with Gasteiger partial charge in [-0.05, 0) is 28.8 Å². The Kier molecular flexibility index (Phi) is 2.77. The normalized spacial score (nSPS) is 18.3. The van der Waals surface area contributed by atoms with Gasteiger partial charge in [-0.25, -0.2) is 0 Å². The first-order valence-corrected chi connectivity index (χ1v) is 6.27. The van der Waals surface area contributed by atoms with Crippen LogP contribution < -0.4 is 0 Å². The third kappa shape index (κ3) is 1.77. The minimum Gasteiger partial charge on any atom is -0.392 e. The predicted octanol–water partition coefficient (Wildman–Crippen LogP) is 3.93. The largest absolute Gasteiger partial charge is 0.392 e. The molecule has 1 heteroatoms. The molecule has 0 spiro atoms. The van der Waals surface area contributed by atoms with Gasteiger partial charge in [0.05, 0.1) is 6.61 Å². The maximum atomic E-state index is 9.70. The maximum absolute atomic E-state index is 9.70. The van der Waals surface area contributed by atoms with Gasteiger partial charge in [-0.15, -0.1) is 0 Å². The molecule has 0 fully saturated rings. The highest BCUT2D eigenvalue weighted by Crippen LogP contribution is 2.32. The summed E-state index contributed by atoms with van der Waals surface area (Å²) in [6.07, 6.45) is 6.57. The molecule has 0 aromatic heterocycles. The van der Waals surface area contributed by atoms with Crippen LogP contribution in [-0.2, 0) is 6.61 Å². The van der Waals surface area contributed by atoms with Crippen molar-refractivity contribution in [3.63, 3.8) is 0 Å². The van der Waals surface area contributed by atoms with Crippen molar-refractivity contribution >= 4 is 10.8 Å². The molecule has 90 valence electrons. The van der Waals surface area contributed by atoms with Gasteiger partial charge < -0.3 is 5.11 Å². The monoisotopic (exact) mass is 236 g/mol. The molecule has 1 atom stereocenters. The summed E-state index contributed by atoms with van der Waals surface area (Å²) >= 11 is 0. The fourth-order valence-corrected chi connectivity index (χ4v) is 2.68. The van der Waals surface area contributed by atoms with E-state index >= 15 is 0 Å². The predicted molar refractivity (Wildman–Crippen MR) is 75.5 cm³/mol. The maximum Gasteiger partial charge on any atom is 0.0690 e. The van der Waals surface area contributed by atoms with Gasteiger partial charge in [-0.3, -0.25) is 0 Å². The van der Waals surface area contributed by atoms with E-state index in [1.54, 1.807) is 0 Å². The Morgan fingerprint density at radius 3 is 2.67 bits per heavy atom. The Balaban J connectivity index is 2.21. The summed E-state index contributed by atoms with van der Waals surface area (Å²) in [6, 6.07) is 12.5. The Labute approximate surface area is 107 Å². The second-order valence-corrected chi connectivity index (χ2v) is 4.81. The lowest BCUT2D eigenvalue weighted by Gasteiger charge is -2.14. The molecule has 1 nitrogen and oxygen atoms in total. The number of fused-ring (bicyclic) bond motifs is 1. The van der Waals surface area contributed by atoms with Crippen LogP contribution in [0.4, 0.5) is 0 Å². The Bertz CT molecular complexity index is 650. The number of aliphatic hydroxyl groups is 1. The van der Waals surface area contributed by atoms with Crippen LogP contribution in [0.25, 0.3) is 10.8 Å². The smallest absolute Gasteiger partial charge is 0.0690 e. The number of aliphatic hydroxyl groups excluding tert-OH is 1. The molecule has 1 unspecified atom stereocenters. The quantitative estimate of drug-likeness (QED) is 0.837. The molecule has 2 aromatic rings. The number of allylic oxidation sites excluding steroid dienone is 4. The van der Waals surface area contributed by atoms with Crippen LogP contribution in [0.15, 0.2) is 60.2 Å². The summed E-state index contributed by atoms with van der Waals surface area (Å²) in [7, 11) is 0. The van der Waals surface area contributed by atoms with E-state index in [1.807, 2.05) is 12.1 Å². The SMILES string of the molecule is CC1=CC(c2ccc3ccccc3c2CO)C=C1. The average Bonchev–Trinajstić information content (AvgIpc) is 2.84. The molecule has 2 aromatic carbocycles. The van der Waals surface area contributed by atoms with Gasteiger partial charge >= 0.3 is 0 Å². The molecule has 0 radical (unpaired) electrons. The zero-order valence-corrected chi connectivity index (χ0v) is 10.4. The number of rotatable bonds is 2. The molecule has 0 aliphatic heterocycles. The molecule has 0 saturated heterocycles. The van der Waals surface area contributed by atoms with E-state index in [-0.39, 0.29) is 6.61 Å².